The molecule has 0 spiro atoms. The number of carboxylic acid groups (broad SMARTS) is 1. The lowest BCUT2D eigenvalue weighted by Crippen LogP contribution is -2.57. The van der Waals surface area contributed by atoms with Crippen molar-refractivity contribution in [3.8, 4) is 16.9 Å². The molecule has 3 heterocycles. The zero-order chi connectivity index (χ0) is 32.7. The number of hydrogen-bond donors (Lipinski definition) is 1. The molecule has 1 saturated heterocycles. The molecule has 2 aromatic heterocycles. The molecule has 0 atom stereocenters. The predicted octanol–water partition coefficient (Wildman–Crippen LogP) is 6.71. The molecule has 10 heteroatoms. The van der Waals surface area contributed by atoms with E-state index < -0.39 is 5.97 Å². The Morgan fingerprint density at radius 1 is 1.07 bits per heavy atom. The molecule has 0 radical (unpaired) electrons. The SMILES string of the molecule is Cc1nn(C)c(C)c1-c1c(Cl)ccc2c(CCCOc3cccc4cc(F)ccc34)c(C(=O)O)n(CC[N+]3(C)CCN(C)CC3)c12. The van der Waals surface area contributed by atoms with Gasteiger partial charge in [0.1, 0.15) is 17.3 Å². The maximum Gasteiger partial charge on any atom is 0.352 e. The number of aromatic carboxylic acids is 1. The van der Waals surface area contributed by atoms with Crippen LogP contribution in [-0.4, -0.2) is 88.2 Å². The Kier molecular flexibility index (Phi) is 8.85. The Morgan fingerprint density at radius 3 is 2.50 bits per heavy atom. The van der Waals surface area contributed by atoms with Crippen LogP contribution in [0.1, 0.15) is 33.9 Å². The largest absolute Gasteiger partial charge is 0.493 e. The minimum Gasteiger partial charge on any atom is -0.493 e. The minimum absolute atomic E-state index is 0.290. The molecule has 1 fully saturated rings. The van der Waals surface area contributed by atoms with Gasteiger partial charge in [0.25, 0.3) is 0 Å². The fourth-order valence-electron chi connectivity index (χ4n) is 6.98. The van der Waals surface area contributed by atoms with Gasteiger partial charge in [0.2, 0.25) is 0 Å². The van der Waals surface area contributed by atoms with Gasteiger partial charge in [-0.05, 0) is 75.0 Å². The van der Waals surface area contributed by atoms with E-state index in [1.165, 1.54) is 12.1 Å². The average Bonchev–Trinajstić information content (AvgIpc) is 3.47. The first-order valence-corrected chi connectivity index (χ1v) is 16.3. The van der Waals surface area contributed by atoms with Crippen molar-refractivity contribution in [2.24, 2.45) is 7.05 Å². The second-order valence-electron chi connectivity index (χ2n) is 12.9. The average molecular weight is 647 g/mol. The number of ether oxygens (including phenoxy) is 1. The van der Waals surface area contributed by atoms with Crippen molar-refractivity contribution < 1.29 is 23.5 Å². The van der Waals surface area contributed by atoms with Crippen LogP contribution < -0.4 is 4.74 Å². The van der Waals surface area contributed by atoms with Gasteiger partial charge >= 0.3 is 5.97 Å². The zero-order valence-corrected chi connectivity index (χ0v) is 28.0. The highest BCUT2D eigenvalue weighted by atomic mass is 35.5. The van der Waals surface area contributed by atoms with Gasteiger partial charge in [0, 0.05) is 47.7 Å². The third-order valence-electron chi connectivity index (χ3n) is 9.78. The second kappa shape index (κ2) is 12.7. The number of aromatic nitrogens is 3. The topological polar surface area (TPSA) is 72.5 Å². The second-order valence-corrected chi connectivity index (χ2v) is 13.3. The predicted molar refractivity (Wildman–Crippen MR) is 182 cm³/mol. The van der Waals surface area contributed by atoms with Crippen LogP contribution in [0.25, 0.3) is 32.8 Å². The van der Waals surface area contributed by atoms with Crippen LogP contribution >= 0.6 is 11.6 Å². The van der Waals surface area contributed by atoms with Crippen molar-refractivity contribution in [2.45, 2.75) is 33.2 Å². The number of piperazine rings is 1. The summed E-state index contributed by atoms with van der Waals surface area (Å²) in [6, 6.07) is 14.1. The molecule has 3 aromatic carbocycles. The zero-order valence-electron chi connectivity index (χ0n) is 27.2. The van der Waals surface area contributed by atoms with Crippen molar-refractivity contribution in [3.63, 3.8) is 0 Å². The maximum absolute atomic E-state index is 13.8. The number of hydrogen-bond acceptors (Lipinski definition) is 4. The molecule has 8 nitrogen and oxygen atoms in total. The van der Waals surface area contributed by atoms with E-state index in [2.05, 4.69) is 24.1 Å². The quantitative estimate of drug-likeness (QED) is 0.135. The molecule has 1 aliphatic rings. The van der Waals surface area contributed by atoms with Crippen molar-refractivity contribution >= 4 is 39.2 Å². The summed E-state index contributed by atoms with van der Waals surface area (Å²) in [6.07, 6.45) is 1.10. The summed E-state index contributed by atoms with van der Waals surface area (Å²) in [5, 5.41) is 18.5. The first-order chi connectivity index (χ1) is 22.0. The van der Waals surface area contributed by atoms with Crippen LogP contribution in [0.2, 0.25) is 5.02 Å². The summed E-state index contributed by atoms with van der Waals surface area (Å²) in [7, 11) is 6.33. The lowest BCUT2D eigenvalue weighted by molar-refractivity contribution is -0.914. The van der Waals surface area contributed by atoms with Gasteiger partial charge in [-0.2, -0.15) is 5.10 Å². The van der Waals surface area contributed by atoms with Crippen LogP contribution in [-0.2, 0) is 20.0 Å². The minimum atomic E-state index is -0.953. The van der Waals surface area contributed by atoms with E-state index in [-0.39, 0.29) is 5.82 Å². The number of halogens is 2. The molecule has 1 N–H and O–H groups in total. The van der Waals surface area contributed by atoms with E-state index in [1.807, 2.05) is 60.5 Å². The van der Waals surface area contributed by atoms with Gasteiger partial charge in [-0.1, -0.05) is 29.8 Å². The van der Waals surface area contributed by atoms with Gasteiger partial charge < -0.3 is 18.9 Å². The van der Waals surface area contributed by atoms with Gasteiger partial charge in [0.05, 0.1) is 56.1 Å². The van der Waals surface area contributed by atoms with Crippen molar-refractivity contribution in [3.05, 3.63) is 82.0 Å². The fourth-order valence-corrected chi connectivity index (χ4v) is 7.23. The number of carboxylic acids is 1. The molecular formula is C36H42ClFN5O3+. The fraction of sp³-hybridized carbons (Fsp3) is 0.389. The summed E-state index contributed by atoms with van der Waals surface area (Å²) < 4.78 is 24.7. The monoisotopic (exact) mass is 646 g/mol. The van der Waals surface area contributed by atoms with E-state index in [4.69, 9.17) is 16.3 Å². The third-order valence-corrected chi connectivity index (χ3v) is 10.1. The third kappa shape index (κ3) is 5.99. The van der Waals surface area contributed by atoms with Crippen LogP contribution in [0.3, 0.4) is 0 Å². The lowest BCUT2D eigenvalue weighted by atomic mass is 9.98. The normalized spacial score (nSPS) is 15.2. The van der Waals surface area contributed by atoms with Crippen LogP contribution in [0.15, 0.2) is 48.5 Å². The van der Waals surface area contributed by atoms with Crippen molar-refractivity contribution in [1.29, 1.82) is 0 Å². The summed E-state index contributed by atoms with van der Waals surface area (Å²) in [5.41, 5.74) is 5.52. The Hall–Kier alpha value is -3.92. The summed E-state index contributed by atoms with van der Waals surface area (Å²) in [5.74, 6) is -0.563. The van der Waals surface area contributed by atoms with Crippen molar-refractivity contribution in [2.75, 3.05) is 53.4 Å². The van der Waals surface area contributed by atoms with Crippen LogP contribution in [0, 0.1) is 19.7 Å². The molecule has 0 unspecified atom stereocenters. The summed E-state index contributed by atoms with van der Waals surface area (Å²) >= 11 is 7.00. The number of aryl methyl sites for hydroxylation is 3. The number of benzene rings is 3. The van der Waals surface area contributed by atoms with E-state index >= 15 is 0 Å². The molecular weight excluding hydrogens is 605 g/mol. The molecule has 5 aromatic rings. The Bertz CT molecular complexity index is 1940. The highest BCUT2D eigenvalue weighted by molar-refractivity contribution is 6.35. The van der Waals surface area contributed by atoms with Gasteiger partial charge in [-0.3, -0.25) is 9.58 Å². The Balaban J connectivity index is 1.40. The van der Waals surface area contributed by atoms with Gasteiger partial charge in [-0.25, -0.2) is 9.18 Å². The van der Waals surface area contributed by atoms with Gasteiger partial charge in [-0.15, -0.1) is 0 Å². The first kappa shape index (κ1) is 32.0. The Labute approximate surface area is 274 Å². The molecule has 242 valence electrons. The highest BCUT2D eigenvalue weighted by Crippen LogP contribution is 2.42. The van der Waals surface area contributed by atoms with E-state index in [9.17, 15) is 14.3 Å². The number of nitrogens with zero attached hydrogens (tertiary/aromatic N) is 5. The van der Waals surface area contributed by atoms with Crippen LogP contribution in [0.4, 0.5) is 4.39 Å². The lowest BCUT2D eigenvalue weighted by Gasteiger charge is -2.41. The summed E-state index contributed by atoms with van der Waals surface area (Å²) in [6.45, 7) is 9.77. The Morgan fingerprint density at radius 2 is 1.80 bits per heavy atom. The number of likely N-dealkylation sites (N-methyl/N-ethyl adjacent to an activating group) is 2. The first-order valence-electron chi connectivity index (χ1n) is 15.9. The molecule has 0 saturated carbocycles. The van der Waals surface area contributed by atoms with E-state index in [1.54, 1.807) is 6.07 Å². The smallest absolute Gasteiger partial charge is 0.352 e. The molecule has 0 bridgehead atoms. The molecule has 6 rings (SSSR count). The van der Waals surface area contributed by atoms with Gasteiger partial charge in [0.15, 0.2) is 0 Å². The highest BCUT2D eigenvalue weighted by Gasteiger charge is 2.31. The van der Waals surface area contributed by atoms with Crippen LogP contribution in [0.5, 0.6) is 5.75 Å². The molecule has 0 amide bonds. The number of carbonyl (C=O) groups is 1. The number of rotatable bonds is 10. The number of quaternary nitrogens is 1. The van der Waals surface area contributed by atoms with Crippen molar-refractivity contribution in [1.82, 2.24) is 19.2 Å². The van der Waals surface area contributed by atoms with E-state index in [0.29, 0.717) is 42.5 Å². The molecule has 46 heavy (non-hydrogen) atoms. The molecule has 0 aliphatic carbocycles. The number of fused-ring (bicyclic) bond motifs is 2. The molecule has 1 aliphatic heterocycles. The maximum atomic E-state index is 13.8. The summed E-state index contributed by atoms with van der Waals surface area (Å²) in [4.78, 5) is 15.5. The standard InChI is InChI=1S/C36H41ClFN5O3/c1-23-32(24(2)41(4)39-23)33-30(37)14-13-29-28(9-7-21-46-31-10-6-8-25-22-26(38)11-12-27(25)31)35(36(44)45)42(34(29)33)17-20-43(5)18-15-40(3)16-19-43/h6,8,10-14,22H,7,9,15-21H2,1-5H3/p+1. The van der Waals surface area contributed by atoms with E-state index in [0.717, 1.165) is 87.0 Å².